The molecule has 5 rings (SSSR count). The van der Waals surface area contributed by atoms with Crippen LogP contribution in [0.5, 0.6) is 0 Å². The Labute approximate surface area is 161 Å². The minimum absolute atomic E-state index is 0.00664. The first kappa shape index (κ1) is 16.9. The number of hydrogen-bond acceptors (Lipinski definition) is 5. The smallest absolute Gasteiger partial charge is 0.254 e. The van der Waals surface area contributed by atoms with Gasteiger partial charge in [-0.05, 0) is 37.3 Å². The second-order valence-electron chi connectivity index (χ2n) is 7.57. The van der Waals surface area contributed by atoms with Gasteiger partial charge in [0.25, 0.3) is 11.8 Å². The van der Waals surface area contributed by atoms with Crippen LogP contribution in [0.15, 0.2) is 58.1 Å². The quantitative estimate of drug-likeness (QED) is 0.356. The number of hydrogen-bond donors (Lipinski definition) is 0. The number of allylic oxidation sites excluding steroid dienone is 2. The van der Waals surface area contributed by atoms with E-state index in [0.29, 0.717) is 17.1 Å². The van der Waals surface area contributed by atoms with Gasteiger partial charge < -0.3 is 4.42 Å². The Morgan fingerprint density at radius 2 is 1.68 bits per heavy atom. The third kappa shape index (κ3) is 2.48. The maximum absolute atomic E-state index is 12.6. The van der Waals surface area contributed by atoms with Gasteiger partial charge in [0.1, 0.15) is 11.5 Å². The predicted octanol–water partition coefficient (Wildman–Crippen LogP) is 3.29. The zero-order valence-electron chi connectivity index (χ0n) is 15.2. The van der Waals surface area contributed by atoms with Crippen molar-refractivity contribution >= 4 is 23.8 Å². The molecule has 1 aliphatic heterocycles. The Balaban J connectivity index is 1.33. The summed E-state index contributed by atoms with van der Waals surface area (Å²) in [6, 6.07) is 10.6. The van der Waals surface area contributed by atoms with Crippen molar-refractivity contribution in [2.24, 2.45) is 28.8 Å². The van der Waals surface area contributed by atoms with Crippen molar-refractivity contribution < 1.29 is 18.8 Å². The molecule has 1 aromatic heterocycles. The number of nitrogens with zero attached hydrogens (tertiary/aromatic N) is 2. The maximum Gasteiger partial charge on any atom is 0.254 e. The van der Waals surface area contributed by atoms with Crippen molar-refractivity contribution in [3.8, 4) is 11.3 Å². The highest BCUT2D eigenvalue weighted by molar-refractivity contribution is 6.06. The van der Waals surface area contributed by atoms with Crippen molar-refractivity contribution in [1.29, 1.82) is 0 Å². The molecule has 0 N–H and O–H groups in total. The van der Waals surface area contributed by atoms with E-state index in [1.807, 2.05) is 12.1 Å². The Morgan fingerprint density at radius 1 is 1.04 bits per heavy atom. The molecule has 28 heavy (non-hydrogen) atoms. The molecule has 6 heteroatoms. The minimum atomic E-state index is -0.258. The third-order valence-electron chi connectivity index (χ3n) is 5.95. The number of carbonyl (C=O) groups excluding carboxylic acids is 3. The standard InChI is InChI=1S/C22H18N2O4/c1-12(25)13-2-4-14(5-3-13)18-9-8-17(28-18)11-23-24-21(26)19-15-6-7-16(10-15)20(19)22(24)27/h2-9,11,15-16,19-20H,10H2,1H3. The van der Waals surface area contributed by atoms with Crippen molar-refractivity contribution in [3.63, 3.8) is 0 Å². The molecule has 2 aromatic rings. The topological polar surface area (TPSA) is 80.0 Å². The van der Waals surface area contributed by atoms with E-state index < -0.39 is 0 Å². The highest BCUT2D eigenvalue weighted by Crippen LogP contribution is 2.52. The maximum atomic E-state index is 12.6. The van der Waals surface area contributed by atoms with Crippen LogP contribution in [0.1, 0.15) is 29.5 Å². The summed E-state index contributed by atoms with van der Waals surface area (Å²) in [5.74, 6) is 0.466. The van der Waals surface area contributed by atoms with Crippen LogP contribution in [0, 0.1) is 23.7 Å². The highest BCUT2D eigenvalue weighted by Gasteiger charge is 2.59. The lowest BCUT2D eigenvalue weighted by atomic mass is 9.85. The van der Waals surface area contributed by atoms with E-state index in [-0.39, 0.29) is 41.3 Å². The number of ketones is 1. The zero-order valence-corrected chi connectivity index (χ0v) is 15.2. The van der Waals surface area contributed by atoms with Gasteiger partial charge in [-0.2, -0.15) is 10.1 Å². The largest absolute Gasteiger partial charge is 0.455 e. The van der Waals surface area contributed by atoms with Crippen molar-refractivity contribution in [1.82, 2.24) is 5.01 Å². The molecule has 1 saturated heterocycles. The molecule has 2 amide bonds. The molecule has 4 atom stereocenters. The summed E-state index contributed by atoms with van der Waals surface area (Å²) < 4.78 is 5.75. The fraction of sp³-hybridized carbons (Fsp3) is 0.273. The highest BCUT2D eigenvalue weighted by atomic mass is 16.3. The Kier molecular flexibility index (Phi) is 3.69. The first-order valence-corrected chi connectivity index (χ1v) is 9.34. The van der Waals surface area contributed by atoms with E-state index in [2.05, 4.69) is 17.3 Å². The van der Waals surface area contributed by atoms with Gasteiger partial charge in [0.05, 0.1) is 18.1 Å². The van der Waals surface area contributed by atoms with Crippen LogP contribution in [0.25, 0.3) is 11.3 Å². The third-order valence-corrected chi connectivity index (χ3v) is 5.95. The second kappa shape index (κ2) is 6.12. The summed E-state index contributed by atoms with van der Waals surface area (Å²) in [6.45, 7) is 1.52. The number of fused-ring (bicyclic) bond motifs is 5. The fourth-order valence-corrected chi connectivity index (χ4v) is 4.56. The normalized spacial score (nSPS) is 28.0. The zero-order chi connectivity index (χ0) is 19.4. The summed E-state index contributed by atoms with van der Waals surface area (Å²) in [6.07, 6.45) is 6.41. The Morgan fingerprint density at radius 3 is 2.29 bits per heavy atom. The molecule has 2 aliphatic carbocycles. The van der Waals surface area contributed by atoms with Gasteiger partial charge in [-0.3, -0.25) is 14.4 Å². The van der Waals surface area contributed by atoms with Crippen molar-refractivity contribution in [3.05, 3.63) is 59.9 Å². The van der Waals surface area contributed by atoms with Crippen LogP contribution in [-0.2, 0) is 9.59 Å². The molecule has 2 fully saturated rings. The Bertz CT molecular complexity index is 1020. The van der Waals surface area contributed by atoms with Gasteiger partial charge in [-0.15, -0.1) is 0 Å². The van der Waals surface area contributed by atoms with Crippen LogP contribution < -0.4 is 0 Å². The molecule has 3 aliphatic rings. The lowest BCUT2D eigenvalue weighted by Crippen LogP contribution is -2.28. The monoisotopic (exact) mass is 374 g/mol. The van der Waals surface area contributed by atoms with Crippen LogP contribution in [0.2, 0.25) is 0 Å². The molecule has 4 unspecified atom stereocenters. The van der Waals surface area contributed by atoms with Gasteiger partial charge >= 0.3 is 0 Å². The minimum Gasteiger partial charge on any atom is -0.455 e. The van der Waals surface area contributed by atoms with E-state index in [1.54, 1.807) is 24.3 Å². The molecule has 0 radical (unpaired) electrons. The lowest BCUT2D eigenvalue weighted by molar-refractivity contribution is -0.140. The molecule has 1 aromatic carbocycles. The van der Waals surface area contributed by atoms with Crippen LogP contribution in [0.4, 0.5) is 0 Å². The van der Waals surface area contributed by atoms with E-state index in [4.69, 9.17) is 4.42 Å². The van der Waals surface area contributed by atoms with Gasteiger partial charge in [0.15, 0.2) is 5.78 Å². The van der Waals surface area contributed by atoms with Crippen LogP contribution in [0.3, 0.4) is 0 Å². The number of Topliss-reactive ketones (excluding diaryl/α,β-unsaturated/α-hetero) is 1. The summed E-state index contributed by atoms with van der Waals surface area (Å²) in [5.41, 5.74) is 1.47. The van der Waals surface area contributed by atoms with Crippen LogP contribution in [-0.4, -0.2) is 28.8 Å². The number of furan rings is 1. The molecule has 140 valence electrons. The number of benzene rings is 1. The van der Waals surface area contributed by atoms with Gasteiger partial charge in [-0.25, -0.2) is 0 Å². The molecule has 6 nitrogen and oxygen atoms in total. The SMILES string of the molecule is CC(=O)c1ccc(-c2ccc(C=NN3C(=O)C4C5C=CC(C5)C4C3=O)o2)cc1. The molecule has 0 spiro atoms. The second-order valence-corrected chi connectivity index (χ2v) is 7.57. The van der Waals surface area contributed by atoms with Crippen LogP contribution >= 0.6 is 0 Å². The average molecular weight is 374 g/mol. The van der Waals surface area contributed by atoms with E-state index in [1.165, 1.54) is 13.1 Å². The fourth-order valence-electron chi connectivity index (χ4n) is 4.56. The molecular weight excluding hydrogens is 356 g/mol. The summed E-state index contributed by atoms with van der Waals surface area (Å²) in [7, 11) is 0. The first-order chi connectivity index (χ1) is 13.5. The molecule has 1 saturated carbocycles. The van der Waals surface area contributed by atoms with Gasteiger partial charge in [0.2, 0.25) is 0 Å². The summed E-state index contributed by atoms with van der Waals surface area (Å²) in [4.78, 5) is 36.6. The summed E-state index contributed by atoms with van der Waals surface area (Å²) >= 11 is 0. The number of imide groups is 1. The number of amides is 2. The molecule has 2 heterocycles. The molecule has 2 bridgehead atoms. The van der Waals surface area contributed by atoms with Gasteiger partial charge in [-0.1, -0.05) is 36.4 Å². The lowest BCUT2D eigenvalue weighted by Gasteiger charge is -2.13. The van der Waals surface area contributed by atoms with Crippen molar-refractivity contribution in [2.45, 2.75) is 13.3 Å². The number of rotatable bonds is 4. The van der Waals surface area contributed by atoms with E-state index in [0.717, 1.165) is 17.0 Å². The van der Waals surface area contributed by atoms with Gasteiger partial charge in [0, 0.05) is 11.1 Å². The predicted molar refractivity (Wildman–Crippen MR) is 101 cm³/mol. The first-order valence-electron chi connectivity index (χ1n) is 9.34. The average Bonchev–Trinajstić information content (AvgIpc) is 3.46. The van der Waals surface area contributed by atoms with E-state index >= 15 is 0 Å². The Hall–Kier alpha value is -3.28. The van der Waals surface area contributed by atoms with E-state index in [9.17, 15) is 14.4 Å². The number of carbonyl (C=O) groups is 3. The van der Waals surface area contributed by atoms with Crippen molar-refractivity contribution in [2.75, 3.05) is 0 Å². The summed E-state index contributed by atoms with van der Waals surface area (Å²) in [5, 5.41) is 5.13. The number of hydrazone groups is 1. The molecular formula is C22H18N2O4.